The van der Waals surface area contributed by atoms with Crippen LogP contribution in [0.4, 0.5) is 11.4 Å². The van der Waals surface area contributed by atoms with Gasteiger partial charge in [0.25, 0.3) is 5.91 Å². The summed E-state index contributed by atoms with van der Waals surface area (Å²) in [6.45, 7) is 16.5. The Morgan fingerprint density at radius 1 is 0.634 bits per heavy atom. The van der Waals surface area contributed by atoms with Crippen LogP contribution in [0.15, 0.2) is 91.5 Å². The molecule has 7 nitrogen and oxygen atoms in total. The van der Waals surface area contributed by atoms with Crippen LogP contribution < -0.4 is 10.6 Å². The Morgan fingerprint density at radius 2 is 1.24 bits per heavy atom. The second-order valence-corrected chi connectivity index (χ2v) is 10.9. The van der Waals surface area contributed by atoms with Crippen molar-refractivity contribution < 1.29 is 4.79 Å². The molecule has 0 atom stereocenters. The quantitative estimate of drug-likeness (QED) is 0.222. The maximum atomic E-state index is 11.4. The van der Waals surface area contributed by atoms with Crippen molar-refractivity contribution in [2.45, 2.75) is 59.3 Å². The first kappa shape index (κ1) is 29.3. The van der Waals surface area contributed by atoms with Gasteiger partial charge in [-0.1, -0.05) is 72.4 Å². The van der Waals surface area contributed by atoms with E-state index in [9.17, 15) is 4.79 Å². The first-order valence-electron chi connectivity index (χ1n) is 14.0. The minimum atomic E-state index is -0.164. The van der Waals surface area contributed by atoms with Gasteiger partial charge in [-0.25, -0.2) is 4.98 Å². The molecule has 41 heavy (non-hydrogen) atoms. The lowest BCUT2D eigenvalue weighted by molar-refractivity contribution is -0.112. The summed E-state index contributed by atoms with van der Waals surface area (Å²) in [6, 6.07) is 20.2. The fourth-order valence-corrected chi connectivity index (χ4v) is 4.14. The predicted molar refractivity (Wildman–Crippen MR) is 169 cm³/mol. The van der Waals surface area contributed by atoms with Crippen LogP contribution in [-0.4, -0.2) is 25.8 Å². The lowest BCUT2D eigenvalue weighted by Crippen LogP contribution is -2.24. The van der Waals surface area contributed by atoms with Gasteiger partial charge in [0.15, 0.2) is 0 Å². The van der Waals surface area contributed by atoms with Crippen LogP contribution in [0.2, 0.25) is 0 Å². The van der Waals surface area contributed by atoms with Gasteiger partial charge >= 0.3 is 0 Å². The molecule has 0 unspecified atom stereocenters. The molecule has 210 valence electrons. The second kappa shape index (κ2) is 13.1. The molecule has 0 aliphatic carbocycles. The van der Waals surface area contributed by atoms with Crippen molar-refractivity contribution >= 4 is 39.3 Å². The number of hydrogen-bond donors (Lipinski definition) is 2. The van der Waals surface area contributed by atoms with E-state index in [0.29, 0.717) is 23.5 Å². The highest BCUT2D eigenvalue weighted by molar-refractivity contribution is 6.10. The van der Waals surface area contributed by atoms with E-state index in [1.54, 1.807) is 12.4 Å². The van der Waals surface area contributed by atoms with Gasteiger partial charge in [-0.2, -0.15) is 0 Å². The van der Waals surface area contributed by atoms with E-state index in [4.69, 9.17) is 0 Å². The number of carbonyl (C=O) groups excluding carboxylic acids is 1. The number of anilines is 2. The lowest BCUT2D eigenvalue weighted by atomic mass is 10.0. The van der Waals surface area contributed by atoms with E-state index in [1.807, 2.05) is 48.7 Å². The van der Waals surface area contributed by atoms with E-state index in [1.165, 1.54) is 11.1 Å². The van der Waals surface area contributed by atoms with Gasteiger partial charge in [-0.15, -0.1) is 0 Å². The molecule has 0 bridgehead atoms. The van der Waals surface area contributed by atoms with Crippen LogP contribution in [0.25, 0.3) is 22.1 Å². The van der Waals surface area contributed by atoms with Crippen LogP contribution in [0.3, 0.4) is 0 Å². The summed E-state index contributed by atoms with van der Waals surface area (Å²) >= 11 is 0. The first-order chi connectivity index (χ1) is 19.6. The van der Waals surface area contributed by atoms with Gasteiger partial charge < -0.3 is 10.6 Å². The Morgan fingerprint density at radius 3 is 1.93 bits per heavy atom. The molecule has 0 spiro atoms. The number of rotatable bonds is 3. The van der Waals surface area contributed by atoms with E-state index in [0.717, 1.165) is 39.1 Å². The number of benzene rings is 3. The molecule has 1 aliphatic heterocycles. The van der Waals surface area contributed by atoms with Gasteiger partial charge in [-0.3, -0.25) is 19.7 Å². The average Bonchev–Trinajstić information content (AvgIpc) is 2.97. The molecule has 0 fully saturated rings. The Balaban J connectivity index is 0.000000142. The third kappa shape index (κ3) is 7.51. The van der Waals surface area contributed by atoms with Gasteiger partial charge in [0.05, 0.1) is 44.8 Å². The monoisotopic (exact) mass is 546 g/mol. The van der Waals surface area contributed by atoms with Crippen molar-refractivity contribution in [3.63, 3.8) is 0 Å². The maximum Gasteiger partial charge on any atom is 0.271 e. The van der Waals surface area contributed by atoms with E-state index in [2.05, 4.69) is 96.9 Å². The number of nitrogens with zero attached hydrogens (tertiary/aromatic N) is 4. The second-order valence-electron chi connectivity index (χ2n) is 10.9. The fourth-order valence-electron chi connectivity index (χ4n) is 4.14. The van der Waals surface area contributed by atoms with E-state index < -0.39 is 0 Å². The molecule has 0 saturated carbocycles. The van der Waals surface area contributed by atoms with Crippen LogP contribution in [0.5, 0.6) is 0 Å². The minimum absolute atomic E-state index is 0.164. The zero-order chi connectivity index (χ0) is 29.5. The number of fused-ring (bicyclic) bond motifs is 3. The molecule has 3 aromatic carbocycles. The third-order valence-corrected chi connectivity index (χ3v) is 6.74. The molecular weight excluding hydrogens is 508 g/mol. The van der Waals surface area contributed by atoms with Gasteiger partial charge in [-0.05, 0) is 65.3 Å². The highest BCUT2D eigenvalue weighted by Gasteiger charge is 2.18. The smallest absolute Gasteiger partial charge is 0.271 e. The largest absolute Gasteiger partial charge is 0.350 e. The molecule has 7 heteroatoms. The number of para-hydroxylation sites is 2. The number of carbonyl (C=O) groups is 1. The molecule has 1 amide bonds. The van der Waals surface area contributed by atoms with Crippen molar-refractivity contribution in [3.8, 4) is 0 Å². The molecule has 0 radical (unpaired) electrons. The van der Waals surface area contributed by atoms with Crippen molar-refractivity contribution in [2.75, 3.05) is 10.6 Å². The summed E-state index contributed by atoms with van der Waals surface area (Å²) in [6.07, 6.45) is 5.30. The third-order valence-electron chi connectivity index (χ3n) is 6.74. The van der Waals surface area contributed by atoms with Crippen LogP contribution >= 0.6 is 0 Å². The Hall–Kier alpha value is -4.65. The number of hydrogen-bond acceptors (Lipinski definition) is 6. The highest BCUT2D eigenvalue weighted by atomic mass is 16.2. The van der Waals surface area contributed by atoms with Crippen molar-refractivity contribution in [2.24, 2.45) is 0 Å². The summed E-state index contributed by atoms with van der Waals surface area (Å²) in [5.74, 6) is 1.28. The van der Waals surface area contributed by atoms with E-state index in [-0.39, 0.29) is 5.91 Å². The SMILES string of the molecule is C=C1Nc2ccc(C(C)C)cc2NC1=O.CC(C)c1ccc2nccnc2c1.CC(C)c1cnc2ccccc2n1. The molecule has 1 aliphatic rings. The van der Waals surface area contributed by atoms with E-state index >= 15 is 0 Å². The number of amides is 1. The normalized spacial score (nSPS) is 12.3. The lowest BCUT2D eigenvalue weighted by Gasteiger charge is -2.21. The van der Waals surface area contributed by atoms with Crippen LogP contribution in [0.1, 0.15) is 76.1 Å². The summed E-state index contributed by atoms with van der Waals surface area (Å²) in [4.78, 5) is 28.7. The van der Waals surface area contributed by atoms with Crippen LogP contribution in [0, 0.1) is 0 Å². The zero-order valence-electron chi connectivity index (χ0n) is 24.6. The number of nitrogens with one attached hydrogen (secondary N) is 2. The Bertz CT molecular complexity index is 1590. The summed E-state index contributed by atoms with van der Waals surface area (Å²) < 4.78 is 0. The van der Waals surface area contributed by atoms with Crippen molar-refractivity contribution in [1.82, 2.24) is 19.9 Å². The van der Waals surface area contributed by atoms with Gasteiger partial charge in [0.1, 0.15) is 0 Å². The van der Waals surface area contributed by atoms with Crippen molar-refractivity contribution in [3.05, 3.63) is 108 Å². The molecule has 5 aromatic rings. The standard InChI is InChI=1S/C12H14N2O.2C11H12N2/c1-7(2)9-4-5-10-11(6-9)14-12(15)8(3)13-10;1-8(2)9-3-4-10-11(7-9)13-6-5-12-10;1-8(2)11-7-12-9-5-3-4-6-10(9)13-11/h4-7,13H,3H2,1-2H3,(H,14,15);2*3-8H,1-2H3. The van der Waals surface area contributed by atoms with Gasteiger partial charge in [0.2, 0.25) is 0 Å². The molecule has 6 rings (SSSR count). The topological polar surface area (TPSA) is 92.7 Å². The van der Waals surface area contributed by atoms with Crippen LogP contribution in [-0.2, 0) is 4.79 Å². The first-order valence-corrected chi connectivity index (χ1v) is 14.0. The average molecular weight is 547 g/mol. The number of aromatic nitrogens is 4. The maximum absolute atomic E-state index is 11.4. The predicted octanol–water partition coefficient (Wildman–Crippen LogP) is 8.19. The Kier molecular flexibility index (Phi) is 9.40. The summed E-state index contributed by atoms with van der Waals surface area (Å²) in [5.41, 5.74) is 9.60. The molecule has 3 heterocycles. The molecule has 2 N–H and O–H groups in total. The molecular formula is C34H38N6O. The molecule has 2 aromatic heterocycles. The Labute approximate surface area is 242 Å². The summed E-state index contributed by atoms with van der Waals surface area (Å²) in [5, 5.41) is 5.77. The van der Waals surface area contributed by atoms with Crippen molar-refractivity contribution in [1.29, 1.82) is 0 Å². The minimum Gasteiger partial charge on any atom is -0.350 e. The highest BCUT2D eigenvalue weighted by Crippen LogP contribution is 2.30. The zero-order valence-corrected chi connectivity index (χ0v) is 24.6. The molecule has 0 saturated heterocycles. The fraction of sp³-hybridized carbons (Fsp3) is 0.265. The summed E-state index contributed by atoms with van der Waals surface area (Å²) in [7, 11) is 0. The van der Waals surface area contributed by atoms with Gasteiger partial charge in [0, 0.05) is 18.6 Å².